The number of nitrogens with one attached hydrogen (secondary N) is 1. The number of rotatable bonds is 9. The highest BCUT2D eigenvalue weighted by molar-refractivity contribution is 4.90. The molecule has 1 nitrogen and oxygen atoms in total. The van der Waals surface area contributed by atoms with Crippen molar-refractivity contribution in [3.8, 4) is 0 Å². The van der Waals surface area contributed by atoms with Crippen LogP contribution in [0.15, 0.2) is 0 Å². The smallest absolute Gasteiger partial charge is 0.00201 e. The molecule has 1 aliphatic rings. The number of hydrogen-bond acceptors (Lipinski definition) is 1. The van der Waals surface area contributed by atoms with Crippen LogP contribution in [0.4, 0.5) is 0 Å². The Bertz CT molecular complexity index is 144. The summed E-state index contributed by atoms with van der Waals surface area (Å²) in [5, 5.41) is 3.42. The fraction of sp³-hybridized carbons (Fsp3) is 1.00. The van der Waals surface area contributed by atoms with Gasteiger partial charge in [0.25, 0.3) is 0 Å². The molecule has 0 aromatic carbocycles. The van der Waals surface area contributed by atoms with E-state index in [1.165, 1.54) is 70.9 Å². The van der Waals surface area contributed by atoms with Crippen LogP contribution in [0.5, 0.6) is 0 Å². The zero-order valence-corrected chi connectivity index (χ0v) is 10.8. The second-order valence-corrected chi connectivity index (χ2v) is 5.33. The maximum atomic E-state index is 3.42. The van der Waals surface area contributed by atoms with E-state index in [1.54, 1.807) is 0 Å². The second kappa shape index (κ2) is 7.27. The third-order valence-electron chi connectivity index (χ3n) is 4.06. The van der Waals surface area contributed by atoms with E-state index in [9.17, 15) is 0 Å². The summed E-state index contributed by atoms with van der Waals surface area (Å²) in [4.78, 5) is 0. The van der Waals surface area contributed by atoms with Crippen molar-refractivity contribution in [1.82, 2.24) is 5.32 Å². The Morgan fingerprint density at radius 3 is 1.93 bits per heavy atom. The molecule has 0 spiro atoms. The topological polar surface area (TPSA) is 12.0 Å². The lowest BCUT2D eigenvalue weighted by molar-refractivity contribution is 0.141. The van der Waals surface area contributed by atoms with E-state index in [-0.39, 0.29) is 0 Å². The molecule has 0 unspecified atom stereocenters. The fourth-order valence-electron chi connectivity index (χ4n) is 2.54. The van der Waals surface area contributed by atoms with Crippen LogP contribution in [-0.2, 0) is 0 Å². The Labute approximate surface area is 96.0 Å². The second-order valence-electron chi connectivity index (χ2n) is 5.33. The summed E-state index contributed by atoms with van der Waals surface area (Å²) < 4.78 is 0. The lowest BCUT2D eigenvalue weighted by atomic mass is 9.75. The molecule has 0 radical (unpaired) electrons. The summed E-state index contributed by atoms with van der Waals surface area (Å²) in [6, 6.07) is 0. The summed E-state index contributed by atoms with van der Waals surface area (Å²) >= 11 is 0. The first-order chi connectivity index (χ1) is 7.33. The average Bonchev–Trinajstić information content (AvgIpc) is 2.20. The summed E-state index contributed by atoms with van der Waals surface area (Å²) in [6.07, 6.45) is 12.9. The van der Waals surface area contributed by atoms with Crippen molar-refractivity contribution in [1.29, 1.82) is 0 Å². The first-order valence-electron chi connectivity index (χ1n) is 7.04. The summed E-state index contributed by atoms with van der Waals surface area (Å²) in [7, 11) is 0. The third kappa shape index (κ3) is 4.55. The van der Waals surface area contributed by atoms with Gasteiger partial charge in [-0.1, -0.05) is 58.8 Å². The van der Waals surface area contributed by atoms with Gasteiger partial charge in [-0.05, 0) is 18.3 Å². The molecule has 1 heteroatoms. The molecular weight excluding hydrogens is 182 g/mol. The van der Waals surface area contributed by atoms with Crippen LogP contribution in [0.1, 0.15) is 71.6 Å². The van der Waals surface area contributed by atoms with Gasteiger partial charge < -0.3 is 5.32 Å². The maximum absolute atomic E-state index is 3.42. The van der Waals surface area contributed by atoms with Gasteiger partial charge in [0.05, 0.1) is 0 Å². The van der Waals surface area contributed by atoms with Crippen molar-refractivity contribution in [3.63, 3.8) is 0 Å². The third-order valence-corrected chi connectivity index (χ3v) is 4.06. The first-order valence-corrected chi connectivity index (χ1v) is 7.04. The van der Waals surface area contributed by atoms with Gasteiger partial charge in [-0.2, -0.15) is 0 Å². The lowest BCUT2D eigenvalue weighted by Gasteiger charge is -2.42. The van der Waals surface area contributed by atoms with E-state index in [1.807, 2.05) is 0 Å². The van der Waals surface area contributed by atoms with Crippen LogP contribution < -0.4 is 5.32 Å². The van der Waals surface area contributed by atoms with Gasteiger partial charge in [-0.25, -0.2) is 0 Å². The van der Waals surface area contributed by atoms with E-state index in [0.29, 0.717) is 5.41 Å². The van der Waals surface area contributed by atoms with Crippen molar-refractivity contribution in [3.05, 3.63) is 0 Å². The summed E-state index contributed by atoms with van der Waals surface area (Å²) in [6.45, 7) is 7.19. The molecule has 90 valence electrons. The predicted octanol–water partition coefficient (Wildman–Crippen LogP) is 4.13. The van der Waals surface area contributed by atoms with Gasteiger partial charge in [-0.3, -0.25) is 0 Å². The van der Waals surface area contributed by atoms with E-state index >= 15 is 0 Å². The maximum Gasteiger partial charge on any atom is 0.00201 e. The van der Waals surface area contributed by atoms with Crippen LogP contribution in [0, 0.1) is 5.41 Å². The fourth-order valence-corrected chi connectivity index (χ4v) is 2.54. The van der Waals surface area contributed by atoms with Crippen molar-refractivity contribution >= 4 is 0 Å². The van der Waals surface area contributed by atoms with Gasteiger partial charge in [-0.15, -0.1) is 0 Å². The molecule has 1 rings (SSSR count). The van der Waals surface area contributed by atoms with E-state index < -0.39 is 0 Å². The minimum atomic E-state index is 0.698. The van der Waals surface area contributed by atoms with Crippen LogP contribution in [0.25, 0.3) is 0 Å². The Morgan fingerprint density at radius 1 is 0.867 bits per heavy atom. The molecule has 0 amide bonds. The Hall–Kier alpha value is -0.0400. The van der Waals surface area contributed by atoms with Gasteiger partial charge in [0.15, 0.2) is 0 Å². The number of hydrogen-bond donors (Lipinski definition) is 1. The summed E-state index contributed by atoms with van der Waals surface area (Å²) in [5.41, 5.74) is 0.698. The molecule has 0 aromatic rings. The van der Waals surface area contributed by atoms with Crippen LogP contribution in [0.3, 0.4) is 0 Å². The number of unbranched alkanes of at least 4 members (excludes halogenated alkanes) is 6. The van der Waals surface area contributed by atoms with E-state index in [4.69, 9.17) is 0 Å². The van der Waals surface area contributed by atoms with Crippen LogP contribution >= 0.6 is 0 Å². The Kier molecular flexibility index (Phi) is 6.31. The Balaban J connectivity index is 1.88. The first kappa shape index (κ1) is 13.0. The normalized spacial score (nSPS) is 18.8. The molecule has 1 heterocycles. The molecule has 0 saturated carbocycles. The molecular formula is C14H29N. The molecule has 0 atom stereocenters. The minimum absolute atomic E-state index is 0.698. The van der Waals surface area contributed by atoms with Crippen LogP contribution in [0.2, 0.25) is 0 Å². The molecule has 0 aromatic heterocycles. The molecule has 1 saturated heterocycles. The standard InChI is InChI=1S/C14H29N/c1-3-5-6-7-8-9-10-11-14(4-2)12-15-13-14/h15H,3-13H2,1-2H3. The molecule has 1 aliphatic heterocycles. The molecule has 1 fully saturated rings. The van der Waals surface area contributed by atoms with Gasteiger partial charge in [0.1, 0.15) is 0 Å². The Morgan fingerprint density at radius 2 is 1.47 bits per heavy atom. The highest BCUT2D eigenvalue weighted by Gasteiger charge is 2.33. The minimum Gasteiger partial charge on any atom is -0.316 e. The molecule has 15 heavy (non-hydrogen) atoms. The van der Waals surface area contributed by atoms with Gasteiger partial charge in [0, 0.05) is 13.1 Å². The zero-order valence-electron chi connectivity index (χ0n) is 10.8. The van der Waals surface area contributed by atoms with Crippen molar-refractivity contribution in [2.75, 3.05) is 13.1 Å². The summed E-state index contributed by atoms with van der Waals surface area (Å²) in [5.74, 6) is 0. The van der Waals surface area contributed by atoms with Crippen molar-refractivity contribution in [2.24, 2.45) is 5.41 Å². The molecule has 0 aliphatic carbocycles. The van der Waals surface area contributed by atoms with Gasteiger partial charge >= 0.3 is 0 Å². The highest BCUT2D eigenvalue weighted by Crippen LogP contribution is 2.32. The monoisotopic (exact) mass is 211 g/mol. The van der Waals surface area contributed by atoms with E-state index in [2.05, 4.69) is 19.2 Å². The molecule has 1 N–H and O–H groups in total. The quantitative estimate of drug-likeness (QED) is 0.566. The highest BCUT2D eigenvalue weighted by atomic mass is 15.0. The lowest BCUT2D eigenvalue weighted by Crippen LogP contribution is -2.52. The molecule has 0 bridgehead atoms. The van der Waals surface area contributed by atoms with Gasteiger partial charge in [0.2, 0.25) is 0 Å². The predicted molar refractivity (Wildman–Crippen MR) is 68.2 cm³/mol. The zero-order chi connectivity index (χ0) is 11.0. The average molecular weight is 211 g/mol. The van der Waals surface area contributed by atoms with Crippen molar-refractivity contribution in [2.45, 2.75) is 71.6 Å². The SMILES string of the molecule is CCCCCCCCCC1(CC)CNC1. The van der Waals surface area contributed by atoms with Crippen LogP contribution in [-0.4, -0.2) is 13.1 Å². The van der Waals surface area contributed by atoms with E-state index in [0.717, 1.165) is 0 Å². The largest absolute Gasteiger partial charge is 0.316 e. The van der Waals surface area contributed by atoms with Crippen molar-refractivity contribution < 1.29 is 0 Å².